The number of amides is 1. The molecule has 0 bridgehead atoms. The summed E-state index contributed by atoms with van der Waals surface area (Å²) in [5.74, 6) is -0.993. The quantitative estimate of drug-likeness (QED) is 0.624. The van der Waals surface area contributed by atoms with Crippen LogP contribution in [-0.2, 0) is 10.0 Å². The van der Waals surface area contributed by atoms with Gasteiger partial charge in [-0.1, -0.05) is 11.6 Å². The fraction of sp³-hybridized carbons (Fsp3) is 0.350. The molecular weight excluding hydrogens is 431 g/mol. The molecule has 7 nitrogen and oxygen atoms in total. The van der Waals surface area contributed by atoms with Crippen LogP contribution in [0, 0.1) is 5.82 Å². The molecule has 0 saturated carbocycles. The summed E-state index contributed by atoms with van der Waals surface area (Å²) in [6, 6.07) is 7.94. The Morgan fingerprint density at radius 2 is 1.87 bits per heavy atom. The van der Waals surface area contributed by atoms with E-state index in [1.54, 1.807) is 12.1 Å². The van der Waals surface area contributed by atoms with Gasteiger partial charge < -0.3 is 15.5 Å². The third-order valence-electron chi connectivity index (χ3n) is 4.57. The van der Waals surface area contributed by atoms with Gasteiger partial charge in [0.25, 0.3) is 15.9 Å². The summed E-state index contributed by atoms with van der Waals surface area (Å²) in [5, 5.41) is 5.83. The second kappa shape index (κ2) is 9.20. The van der Waals surface area contributed by atoms with Crippen LogP contribution in [0.15, 0.2) is 41.3 Å². The Labute approximate surface area is 180 Å². The lowest BCUT2D eigenvalue weighted by Gasteiger charge is -2.31. The SMILES string of the molecule is CC(C)NC(=O)c1cc(NS(=O)(=O)c2ccc(F)c(Cl)c2)ccc1N1CCNCC1. The van der Waals surface area contributed by atoms with Crippen molar-refractivity contribution < 1.29 is 17.6 Å². The van der Waals surface area contributed by atoms with Crippen LogP contribution >= 0.6 is 11.6 Å². The van der Waals surface area contributed by atoms with Gasteiger partial charge in [0.1, 0.15) is 5.82 Å². The summed E-state index contributed by atoms with van der Waals surface area (Å²) >= 11 is 5.71. The molecule has 2 aromatic rings. The zero-order valence-corrected chi connectivity index (χ0v) is 18.3. The maximum Gasteiger partial charge on any atom is 0.261 e. The Morgan fingerprint density at radius 3 is 2.50 bits per heavy atom. The Morgan fingerprint density at radius 1 is 1.17 bits per heavy atom. The van der Waals surface area contributed by atoms with Crippen molar-refractivity contribution in [2.45, 2.75) is 24.8 Å². The first-order valence-corrected chi connectivity index (χ1v) is 11.4. The number of rotatable bonds is 6. The zero-order valence-electron chi connectivity index (χ0n) is 16.7. The highest BCUT2D eigenvalue weighted by atomic mass is 35.5. The van der Waals surface area contributed by atoms with E-state index in [0.29, 0.717) is 5.56 Å². The predicted octanol–water partition coefficient (Wildman–Crippen LogP) is 2.83. The van der Waals surface area contributed by atoms with Gasteiger partial charge in [0.15, 0.2) is 0 Å². The molecule has 1 aliphatic heterocycles. The summed E-state index contributed by atoms with van der Waals surface area (Å²) in [6.07, 6.45) is 0. The van der Waals surface area contributed by atoms with Crippen LogP contribution in [0.25, 0.3) is 0 Å². The molecule has 0 radical (unpaired) electrons. The Balaban J connectivity index is 1.94. The minimum Gasteiger partial charge on any atom is -0.368 e. The van der Waals surface area contributed by atoms with Gasteiger partial charge in [-0.2, -0.15) is 0 Å². The molecule has 1 fully saturated rings. The van der Waals surface area contributed by atoms with Crippen molar-refractivity contribution in [1.29, 1.82) is 0 Å². The standard InChI is InChI=1S/C20H24ClFN4O3S/c1-13(2)24-20(27)16-11-14(3-6-19(16)26-9-7-23-8-10-26)25-30(28,29)15-4-5-18(22)17(21)12-15/h3-6,11-13,23,25H,7-10H2,1-2H3,(H,24,27). The first kappa shape index (κ1) is 22.3. The topological polar surface area (TPSA) is 90.5 Å². The lowest BCUT2D eigenvalue weighted by Crippen LogP contribution is -2.44. The molecule has 0 aromatic heterocycles. The van der Waals surface area contributed by atoms with Gasteiger partial charge in [0, 0.05) is 43.6 Å². The number of sulfonamides is 1. The van der Waals surface area contributed by atoms with Gasteiger partial charge >= 0.3 is 0 Å². The van der Waals surface area contributed by atoms with Crippen LogP contribution in [-0.4, -0.2) is 46.5 Å². The fourth-order valence-electron chi connectivity index (χ4n) is 3.16. The largest absolute Gasteiger partial charge is 0.368 e. The summed E-state index contributed by atoms with van der Waals surface area (Å²) in [6.45, 7) is 6.78. The van der Waals surface area contributed by atoms with Gasteiger partial charge in [-0.05, 0) is 50.2 Å². The molecular formula is C20H24ClFN4O3S. The third-order valence-corrected chi connectivity index (χ3v) is 6.24. The summed E-state index contributed by atoms with van der Waals surface area (Å²) in [4.78, 5) is 14.7. The number of hydrogen-bond acceptors (Lipinski definition) is 5. The molecule has 162 valence electrons. The Kier molecular flexibility index (Phi) is 6.84. The number of anilines is 2. The first-order chi connectivity index (χ1) is 14.2. The van der Waals surface area contributed by atoms with Crippen LogP contribution < -0.4 is 20.3 Å². The third kappa shape index (κ3) is 5.21. The van der Waals surface area contributed by atoms with Crippen molar-refractivity contribution >= 4 is 38.9 Å². The smallest absolute Gasteiger partial charge is 0.261 e. The molecule has 0 aliphatic carbocycles. The van der Waals surface area contributed by atoms with Crippen LogP contribution in [0.5, 0.6) is 0 Å². The molecule has 1 saturated heterocycles. The number of piperazine rings is 1. The molecule has 1 aliphatic rings. The van der Waals surface area contributed by atoms with Crippen molar-refractivity contribution in [1.82, 2.24) is 10.6 Å². The van der Waals surface area contributed by atoms with Crippen LogP contribution in [0.2, 0.25) is 5.02 Å². The number of nitrogens with one attached hydrogen (secondary N) is 3. The highest BCUT2D eigenvalue weighted by Crippen LogP contribution is 2.27. The van der Waals surface area contributed by atoms with Crippen molar-refractivity contribution in [3.05, 3.63) is 52.8 Å². The molecule has 1 amide bonds. The molecule has 0 atom stereocenters. The number of hydrogen-bond donors (Lipinski definition) is 3. The second-order valence-corrected chi connectivity index (χ2v) is 9.37. The molecule has 0 spiro atoms. The van der Waals surface area contributed by atoms with Gasteiger partial charge in [-0.25, -0.2) is 12.8 Å². The normalized spacial score (nSPS) is 14.6. The molecule has 2 aromatic carbocycles. The summed E-state index contributed by atoms with van der Waals surface area (Å²) < 4.78 is 41.2. The average Bonchev–Trinajstić information content (AvgIpc) is 2.69. The number of benzene rings is 2. The molecule has 30 heavy (non-hydrogen) atoms. The van der Waals surface area contributed by atoms with E-state index < -0.39 is 15.8 Å². The average molecular weight is 455 g/mol. The van der Waals surface area contributed by atoms with E-state index in [2.05, 4.69) is 20.3 Å². The highest BCUT2D eigenvalue weighted by Gasteiger charge is 2.22. The molecule has 10 heteroatoms. The molecule has 3 N–H and O–H groups in total. The van der Waals surface area contributed by atoms with E-state index in [0.717, 1.165) is 50.1 Å². The van der Waals surface area contributed by atoms with E-state index in [1.807, 2.05) is 13.8 Å². The maximum absolute atomic E-state index is 13.4. The number of halogens is 2. The second-order valence-electron chi connectivity index (χ2n) is 7.28. The molecule has 1 heterocycles. The van der Waals surface area contributed by atoms with Crippen molar-refractivity contribution in [3.63, 3.8) is 0 Å². The predicted molar refractivity (Wildman–Crippen MR) is 116 cm³/mol. The first-order valence-electron chi connectivity index (χ1n) is 9.56. The summed E-state index contributed by atoms with van der Waals surface area (Å²) in [5.41, 5.74) is 1.34. The van der Waals surface area contributed by atoms with Gasteiger partial charge in [-0.15, -0.1) is 0 Å². The van der Waals surface area contributed by atoms with Crippen molar-refractivity contribution in [3.8, 4) is 0 Å². The van der Waals surface area contributed by atoms with Crippen LogP contribution in [0.1, 0.15) is 24.2 Å². The van der Waals surface area contributed by atoms with Crippen LogP contribution in [0.4, 0.5) is 15.8 Å². The lowest BCUT2D eigenvalue weighted by atomic mass is 10.1. The number of carbonyl (C=O) groups is 1. The monoisotopic (exact) mass is 454 g/mol. The lowest BCUT2D eigenvalue weighted by molar-refractivity contribution is 0.0943. The van der Waals surface area contributed by atoms with Gasteiger partial charge in [0.05, 0.1) is 15.5 Å². The summed E-state index contributed by atoms with van der Waals surface area (Å²) in [7, 11) is -4.01. The van der Waals surface area contributed by atoms with E-state index >= 15 is 0 Å². The number of nitrogens with zero attached hydrogens (tertiary/aromatic N) is 1. The fourth-order valence-corrected chi connectivity index (χ4v) is 4.48. The van der Waals surface area contributed by atoms with E-state index in [1.165, 1.54) is 6.07 Å². The highest BCUT2D eigenvalue weighted by molar-refractivity contribution is 7.92. The maximum atomic E-state index is 13.4. The van der Waals surface area contributed by atoms with Crippen molar-refractivity contribution in [2.24, 2.45) is 0 Å². The minimum absolute atomic E-state index is 0.0740. The Bertz CT molecular complexity index is 1040. The van der Waals surface area contributed by atoms with E-state index in [-0.39, 0.29) is 27.6 Å². The molecule has 3 rings (SSSR count). The van der Waals surface area contributed by atoms with Crippen molar-refractivity contribution in [2.75, 3.05) is 35.8 Å². The zero-order chi connectivity index (χ0) is 21.9. The molecule has 0 unspecified atom stereocenters. The Hall–Kier alpha value is -2.36. The van der Waals surface area contributed by atoms with E-state index in [9.17, 15) is 17.6 Å². The number of carbonyl (C=O) groups excluding carboxylic acids is 1. The van der Waals surface area contributed by atoms with Crippen LogP contribution in [0.3, 0.4) is 0 Å². The minimum atomic E-state index is -4.01. The van der Waals surface area contributed by atoms with Gasteiger partial charge in [-0.3, -0.25) is 9.52 Å². The van der Waals surface area contributed by atoms with E-state index in [4.69, 9.17) is 11.6 Å². The van der Waals surface area contributed by atoms with Gasteiger partial charge in [0.2, 0.25) is 0 Å².